The van der Waals surface area contributed by atoms with Crippen LogP contribution in [-0.4, -0.2) is 50.3 Å². The molecule has 7 heteroatoms. The van der Waals surface area contributed by atoms with E-state index < -0.39 is 0 Å². The Hall–Kier alpha value is -1.44. The number of carbonyl (C=O) groups excluding carboxylic acids is 2. The zero-order valence-electron chi connectivity index (χ0n) is 15.9. The van der Waals surface area contributed by atoms with Crippen molar-refractivity contribution >= 4 is 28.2 Å². The molecule has 1 amide bonds. The Bertz CT molecular complexity index is 663. The highest BCUT2D eigenvalue weighted by Gasteiger charge is 2.30. The van der Waals surface area contributed by atoms with Gasteiger partial charge >= 0.3 is 5.97 Å². The van der Waals surface area contributed by atoms with E-state index in [2.05, 4.69) is 5.32 Å². The van der Waals surface area contributed by atoms with Gasteiger partial charge in [0.05, 0.1) is 12.2 Å². The number of aryl methyl sites for hydroxylation is 1. The van der Waals surface area contributed by atoms with Crippen molar-refractivity contribution in [3.05, 3.63) is 16.0 Å². The van der Waals surface area contributed by atoms with E-state index in [1.807, 2.05) is 13.8 Å². The van der Waals surface area contributed by atoms with Crippen LogP contribution in [0.2, 0.25) is 0 Å². The van der Waals surface area contributed by atoms with Crippen LogP contribution >= 0.6 is 11.3 Å². The van der Waals surface area contributed by atoms with Crippen molar-refractivity contribution in [2.45, 2.75) is 58.7 Å². The number of hydrogen-bond donors (Lipinski definition) is 2. The van der Waals surface area contributed by atoms with E-state index in [4.69, 9.17) is 9.47 Å². The van der Waals surface area contributed by atoms with Gasteiger partial charge in [-0.1, -0.05) is 0 Å². The average Bonchev–Trinajstić information content (AvgIpc) is 2.91. The summed E-state index contributed by atoms with van der Waals surface area (Å²) in [6, 6.07) is 0. The molecule has 0 spiro atoms. The summed E-state index contributed by atoms with van der Waals surface area (Å²) in [5.41, 5.74) is 1.66. The van der Waals surface area contributed by atoms with Crippen LogP contribution in [0.3, 0.4) is 0 Å². The van der Waals surface area contributed by atoms with Crippen molar-refractivity contribution in [2.75, 3.05) is 31.6 Å². The van der Waals surface area contributed by atoms with Crippen molar-refractivity contribution in [1.82, 2.24) is 0 Å². The van der Waals surface area contributed by atoms with Gasteiger partial charge in [-0.2, -0.15) is 0 Å². The van der Waals surface area contributed by atoms with E-state index >= 15 is 0 Å². The van der Waals surface area contributed by atoms with Crippen LogP contribution in [0.5, 0.6) is 0 Å². The highest BCUT2D eigenvalue weighted by Crippen LogP contribution is 2.38. The fourth-order valence-corrected chi connectivity index (χ4v) is 5.30. The first kappa shape index (κ1) is 19.3. The quantitative estimate of drug-likeness (QED) is 0.757. The van der Waals surface area contributed by atoms with E-state index in [9.17, 15) is 9.59 Å². The molecule has 1 aromatic rings. The Labute approximate surface area is 158 Å². The number of amides is 1. The second-order valence-electron chi connectivity index (χ2n) is 7.28. The molecule has 2 N–H and O–H groups in total. The number of esters is 1. The smallest absolute Gasteiger partial charge is 0.341 e. The first-order valence-corrected chi connectivity index (χ1v) is 10.4. The first-order chi connectivity index (χ1) is 12.5. The number of thiophene rings is 1. The van der Waals surface area contributed by atoms with E-state index in [1.165, 1.54) is 9.78 Å². The second kappa shape index (κ2) is 8.50. The Morgan fingerprint density at radius 1 is 1.23 bits per heavy atom. The van der Waals surface area contributed by atoms with Gasteiger partial charge in [-0.3, -0.25) is 4.79 Å². The maximum Gasteiger partial charge on any atom is 0.341 e. The molecule has 0 bridgehead atoms. The van der Waals surface area contributed by atoms with Crippen LogP contribution in [0.4, 0.5) is 5.00 Å². The highest BCUT2D eigenvalue weighted by atomic mass is 32.1. The zero-order valence-corrected chi connectivity index (χ0v) is 16.7. The van der Waals surface area contributed by atoms with E-state index in [0.717, 1.165) is 44.3 Å². The lowest BCUT2D eigenvalue weighted by molar-refractivity contribution is -0.907. The SMILES string of the molecule is CCOC(=O)c1c(NC(=O)C[NH+]2CC(C)OC(C)C2)sc2c1CCCC2. The van der Waals surface area contributed by atoms with Gasteiger partial charge in [-0.25, -0.2) is 4.79 Å². The standard InChI is InChI=1S/C19H28N2O4S/c1-4-24-19(23)17-14-7-5-6-8-15(14)26-18(17)20-16(22)11-21-9-12(2)25-13(3)10-21/h12-13H,4-11H2,1-3H3,(H,20,22)/p+1. The molecule has 144 valence electrons. The summed E-state index contributed by atoms with van der Waals surface area (Å²) in [7, 11) is 0. The molecule has 0 aromatic carbocycles. The van der Waals surface area contributed by atoms with Crippen LogP contribution in [0.1, 0.15) is 54.4 Å². The molecule has 1 aliphatic carbocycles. The molecule has 1 fully saturated rings. The molecule has 0 saturated carbocycles. The number of rotatable bonds is 5. The maximum atomic E-state index is 12.6. The third kappa shape index (κ3) is 4.45. The predicted molar refractivity (Wildman–Crippen MR) is 101 cm³/mol. The van der Waals surface area contributed by atoms with Crippen molar-refractivity contribution in [2.24, 2.45) is 0 Å². The number of ether oxygens (including phenoxy) is 2. The van der Waals surface area contributed by atoms with Crippen molar-refractivity contribution in [1.29, 1.82) is 0 Å². The summed E-state index contributed by atoms with van der Waals surface area (Å²) < 4.78 is 11.0. The van der Waals surface area contributed by atoms with E-state index in [0.29, 0.717) is 23.7 Å². The Morgan fingerprint density at radius 2 is 1.92 bits per heavy atom. The van der Waals surface area contributed by atoms with E-state index in [1.54, 1.807) is 18.3 Å². The minimum Gasteiger partial charge on any atom is -0.462 e. The molecule has 2 aliphatic rings. The van der Waals surface area contributed by atoms with Crippen LogP contribution in [0.15, 0.2) is 0 Å². The van der Waals surface area contributed by atoms with Gasteiger partial charge in [0.1, 0.15) is 30.3 Å². The summed E-state index contributed by atoms with van der Waals surface area (Å²) in [6.07, 6.45) is 4.40. The fraction of sp³-hybridized carbons (Fsp3) is 0.684. The molecule has 3 rings (SSSR count). The molecule has 0 radical (unpaired) electrons. The lowest BCUT2D eigenvalue weighted by atomic mass is 9.95. The largest absolute Gasteiger partial charge is 0.462 e. The number of nitrogens with one attached hydrogen (secondary N) is 2. The second-order valence-corrected chi connectivity index (χ2v) is 8.38. The Kier molecular flexibility index (Phi) is 6.32. The lowest BCUT2D eigenvalue weighted by Crippen LogP contribution is -3.16. The van der Waals surface area contributed by atoms with Crippen molar-refractivity contribution in [3.8, 4) is 0 Å². The van der Waals surface area contributed by atoms with Gasteiger partial charge in [0.25, 0.3) is 5.91 Å². The topological polar surface area (TPSA) is 69.1 Å². The third-order valence-electron chi connectivity index (χ3n) is 4.93. The third-order valence-corrected chi connectivity index (χ3v) is 6.14. The summed E-state index contributed by atoms with van der Waals surface area (Å²) in [5, 5.41) is 3.66. The minimum absolute atomic E-state index is 0.0505. The first-order valence-electron chi connectivity index (χ1n) is 9.58. The number of morpholine rings is 1. The zero-order chi connectivity index (χ0) is 18.7. The lowest BCUT2D eigenvalue weighted by Gasteiger charge is -2.31. The number of quaternary nitrogens is 1. The molecule has 2 heterocycles. The minimum atomic E-state index is -0.317. The maximum absolute atomic E-state index is 12.6. The van der Waals surface area contributed by atoms with Crippen LogP contribution in [0, 0.1) is 0 Å². The van der Waals surface area contributed by atoms with Gasteiger partial charge < -0.3 is 19.7 Å². The molecule has 1 aliphatic heterocycles. The van der Waals surface area contributed by atoms with Gasteiger partial charge in [0, 0.05) is 4.88 Å². The summed E-state index contributed by atoms with van der Waals surface area (Å²) in [5.74, 6) is -0.367. The van der Waals surface area contributed by atoms with Crippen molar-refractivity contribution in [3.63, 3.8) is 0 Å². The number of anilines is 1. The van der Waals surface area contributed by atoms with Crippen molar-refractivity contribution < 1.29 is 24.0 Å². The average molecular weight is 382 g/mol. The summed E-state index contributed by atoms with van der Waals surface area (Å²) >= 11 is 1.54. The van der Waals surface area contributed by atoms with Gasteiger partial charge in [0.15, 0.2) is 6.54 Å². The Balaban J connectivity index is 1.73. The molecule has 2 atom stereocenters. The molecule has 2 unspecified atom stereocenters. The molecule has 26 heavy (non-hydrogen) atoms. The van der Waals surface area contributed by atoms with Gasteiger partial charge in [0.2, 0.25) is 0 Å². The number of hydrogen-bond acceptors (Lipinski definition) is 5. The molecular weight excluding hydrogens is 352 g/mol. The van der Waals surface area contributed by atoms with Crippen LogP contribution in [-0.2, 0) is 27.1 Å². The molecule has 6 nitrogen and oxygen atoms in total. The predicted octanol–water partition coefficient (Wildman–Crippen LogP) is 1.43. The molecule has 1 aromatic heterocycles. The van der Waals surface area contributed by atoms with Crippen LogP contribution < -0.4 is 10.2 Å². The summed E-state index contributed by atoms with van der Waals surface area (Å²) in [4.78, 5) is 27.5. The number of fused-ring (bicyclic) bond motifs is 1. The van der Waals surface area contributed by atoms with Gasteiger partial charge in [-0.15, -0.1) is 11.3 Å². The fourth-order valence-electron chi connectivity index (χ4n) is 4.00. The van der Waals surface area contributed by atoms with E-state index in [-0.39, 0.29) is 24.1 Å². The highest BCUT2D eigenvalue weighted by molar-refractivity contribution is 7.17. The normalized spacial score (nSPS) is 25.4. The summed E-state index contributed by atoms with van der Waals surface area (Å²) in [6.45, 7) is 8.26. The van der Waals surface area contributed by atoms with Crippen LogP contribution in [0.25, 0.3) is 0 Å². The monoisotopic (exact) mass is 381 g/mol. The molecular formula is C19H29N2O4S+. The number of carbonyl (C=O) groups is 2. The Morgan fingerprint density at radius 3 is 2.62 bits per heavy atom. The molecule has 1 saturated heterocycles. The van der Waals surface area contributed by atoms with Gasteiger partial charge in [-0.05, 0) is 52.0 Å².